The van der Waals surface area contributed by atoms with Crippen LogP contribution in [0.1, 0.15) is 11.1 Å². The van der Waals surface area contributed by atoms with Crippen molar-refractivity contribution >= 4 is 11.1 Å². The summed E-state index contributed by atoms with van der Waals surface area (Å²) in [5, 5.41) is 8.83. The summed E-state index contributed by atoms with van der Waals surface area (Å²) < 4.78 is 19.0. The molecule has 0 amide bonds. The Morgan fingerprint density at radius 1 is 1.31 bits per heavy atom. The molecule has 0 spiro atoms. The van der Waals surface area contributed by atoms with Crippen LogP contribution in [0.4, 0.5) is 0 Å². The number of benzene rings is 1. The molecule has 72 valence electrons. The molecule has 0 heterocycles. The molecule has 13 heavy (non-hydrogen) atoms. The van der Waals surface area contributed by atoms with Crippen molar-refractivity contribution in [3.8, 4) is 0 Å². The van der Waals surface area contributed by atoms with E-state index in [-0.39, 0.29) is 12.4 Å². The predicted molar refractivity (Wildman–Crippen MR) is 51.7 cm³/mol. The predicted octanol–water partition coefficient (Wildman–Crippen LogP) is 0.943. The lowest BCUT2D eigenvalue weighted by atomic mass is 10.1. The molecule has 0 saturated heterocycles. The molecule has 1 aromatic rings. The van der Waals surface area contributed by atoms with E-state index < -0.39 is 11.1 Å². The SMILES string of the molecule is O=S(O)CCc1cccc(CO)c1. The second-order valence-electron chi connectivity index (χ2n) is 2.75. The summed E-state index contributed by atoms with van der Waals surface area (Å²) in [6.07, 6.45) is 0.566. The van der Waals surface area contributed by atoms with Crippen LogP contribution in [0.5, 0.6) is 0 Å². The molecular weight excluding hydrogens is 188 g/mol. The first-order chi connectivity index (χ1) is 6.22. The van der Waals surface area contributed by atoms with Crippen LogP contribution >= 0.6 is 0 Å². The average molecular weight is 200 g/mol. The van der Waals surface area contributed by atoms with E-state index in [0.29, 0.717) is 6.42 Å². The molecule has 1 rings (SSSR count). The van der Waals surface area contributed by atoms with Gasteiger partial charge in [0.15, 0.2) is 11.1 Å². The Labute approximate surface area is 79.7 Å². The number of aliphatic hydroxyl groups is 1. The highest BCUT2D eigenvalue weighted by molar-refractivity contribution is 7.79. The van der Waals surface area contributed by atoms with Crippen LogP contribution in [-0.4, -0.2) is 19.6 Å². The van der Waals surface area contributed by atoms with Crippen molar-refractivity contribution in [1.82, 2.24) is 0 Å². The van der Waals surface area contributed by atoms with E-state index in [1.54, 1.807) is 0 Å². The molecule has 1 atom stereocenters. The summed E-state index contributed by atoms with van der Waals surface area (Å²) in [4.78, 5) is 0. The molecular formula is C9H12O3S. The van der Waals surface area contributed by atoms with Gasteiger partial charge in [0, 0.05) is 0 Å². The summed E-state index contributed by atoms with van der Waals surface area (Å²) in [5.41, 5.74) is 1.81. The first kappa shape index (κ1) is 10.4. The Hall–Kier alpha value is -0.710. The fourth-order valence-corrected chi connectivity index (χ4v) is 1.50. The van der Waals surface area contributed by atoms with Crippen LogP contribution < -0.4 is 0 Å². The molecule has 0 aliphatic carbocycles. The van der Waals surface area contributed by atoms with Gasteiger partial charge < -0.3 is 9.66 Å². The number of hydrogen-bond donors (Lipinski definition) is 2. The summed E-state index contributed by atoms with van der Waals surface area (Å²) in [6.45, 7) is 0.00997. The van der Waals surface area contributed by atoms with Gasteiger partial charge in [0.1, 0.15) is 0 Å². The second-order valence-corrected chi connectivity index (χ2v) is 3.80. The monoisotopic (exact) mass is 200 g/mol. The van der Waals surface area contributed by atoms with E-state index in [1.165, 1.54) is 0 Å². The minimum Gasteiger partial charge on any atom is -0.392 e. The third-order valence-electron chi connectivity index (χ3n) is 1.74. The lowest BCUT2D eigenvalue weighted by molar-refractivity contribution is 0.281. The minimum atomic E-state index is -1.74. The van der Waals surface area contributed by atoms with Crippen LogP contribution in [0.3, 0.4) is 0 Å². The molecule has 0 aliphatic rings. The first-order valence-corrected chi connectivity index (χ1v) is 5.26. The molecule has 0 aliphatic heterocycles. The summed E-state index contributed by atoms with van der Waals surface area (Å²) in [6, 6.07) is 7.37. The van der Waals surface area contributed by atoms with Crippen molar-refractivity contribution in [2.75, 3.05) is 5.75 Å². The smallest absolute Gasteiger partial charge is 0.153 e. The molecule has 1 unspecified atom stereocenters. The quantitative estimate of drug-likeness (QED) is 0.711. The van der Waals surface area contributed by atoms with E-state index >= 15 is 0 Å². The van der Waals surface area contributed by atoms with Crippen molar-refractivity contribution < 1.29 is 13.9 Å². The highest BCUT2D eigenvalue weighted by Gasteiger charge is 1.97. The minimum absolute atomic E-state index is 0.00997. The van der Waals surface area contributed by atoms with Gasteiger partial charge in [0.2, 0.25) is 0 Å². The Balaban J connectivity index is 2.61. The third kappa shape index (κ3) is 3.67. The zero-order valence-electron chi connectivity index (χ0n) is 7.14. The maximum absolute atomic E-state index is 10.4. The zero-order chi connectivity index (χ0) is 9.68. The highest BCUT2D eigenvalue weighted by Crippen LogP contribution is 2.06. The highest BCUT2D eigenvalue weighted by atomic mass is 32.2. The van der Waals surface area contributed by atoms with Crippen molar-refractivity contribution in [1.29, 1.82) is 0 Å². The number of aliphatic hydroxyl groups excluding tert-OH is 1. The molecule has 0 aromatic heterocycles. The van der Waals surface area contributed by atoms with Gasteiger partial charge in [-0.15, -0.1) is 0 Å². The van der Waals surface area contributed by atoms with Gasteiger partial charge in [-0.2, -0.15) is 0 Å². The van der Waals surface area contributed by atoms with Gasteiger partial charge in [-0.3, -0.25) is 0 Å². The standard InChI is InChI=1S/C9H12O3S/c10-7-9-3-1-2-8(6-9)4-5-13(11)12/h1-3,6,10H,4-5,7H2,(H,11,12). The van der Waals surface area contributed by atoms with E-state index in [2.05, 4.69) is 0 Å². The Kier molecular flexibility index (Phi) is 4.08. The maximum atomic E-state index is 10.4. The second kappa shape index (κ2) is 5.11. The first-order valence-electron chi connectivity index (χ1n) is 3.98. The van der Waals surface area contributed by atoms with Crippen LogP contribution in [-0.2, 0) is 24.1 Å². The fraction of sp³-hybridized carbons (Fsp3) is 0.333. The van der Waals surface area contributed by atoms with Gasteiger partial charge in [-0.05, 0) is 17.5 Å². The fourth-order valence-electron chi connectivity index (χ4n) is 1.09. The number of hydrogen-bond acceptors (Lipinski definition) is 2. The van der Waals surface area contributed by atoms with Crippen LogP contribution in [0.25, 0.3) is 0 Å². The van der Waals surface area contributed by atoms with Crippen LogP contribution in [0.15, 0.2) is 24.3 Å². The van der Waals surface area contributed by atoms with Gasteiger partial charge in [-0.25, -0.2) is 4.21 Å². The van der Waals surface area contributed by atoms with Crippen LogP contribution in [0, 0.1) is 0 Å². The Morgan fingerprint density at radius 3 is 2.62 bits per heavy atom. The average Bonchev–Trinajstić information content (AvgIpc) is 2.15. The normalized spacial score (nSPS) is 12.8. The summed E-state index contributed by atoms with van der Waals surface area (Å²) in [7, 11) is 0. The van der Waals surface area contributed by atoms with E-state index in [1.807, 2.05) is 24.3 Å². The largest absolute Gasteiger partial charge is 0.392 e. The number of rotatable bonds is 4. The molecule has 0 saturated carbocycles. The number of aryl methyl sites for hydroxylation is 1. The molecule has 0 fully saturated rings. The molecule has 2 N–H and O–H groups in total. The van der Waals surface area contributed by atoms with Crippen molar-refractivity contribution in [2.45, 2.75) is 13.0 Å². The van der Waals surface area contributed by atoms with Crippen molar-refractivity contribution in [2.24, 2.45) is 0 Å². The van der Waals surface area contributed by atoms with Gasteiger partial charge in [0.25, 0.3) is 0 Å². The van der Waals surface area contributed by atoms with Gasteiger partial charge >= 0.3 is 0 Å². The third-order valence-corrected chi connectivity index (χ3v) is 2.29. The molecule has 1 aromatic carbocycles. The van der Waals surface area contributed by atoms with Crippen LogP contribution in [0.2, 0.25) is 0 Å². The molecule has 0 radical (unpaired) electrons. The lowest BCUT2D eigenvalue weighted by Gasteiger charge is -2.01. The molecule has 3 nitrogen and oxygen atoms in total. The Morgan fingerprint density at radius 2 is 2.00 bits per heavy atom. The summed E-state index contributed by atoms with van der Waals surface area (Å²) >= 11 is -1.74. The van der Waals surface area contributed by atoms with Gasteiger partial charge in [0.05, 0.1) is 12.4 Å². The lowest BCUT2D eigenvalue weighted by Crippen LogP contribution is -1.99. The molecule has 4 heteroatoms. The van der Waals surface area contributed by atoms with Crippen molar-refractivity contribution in [3.05, 3.63) is 35.4 Å². The van der Waals surface area contributed by atoms with Gasteiger partial charge in [-0.1, -0.05) is 24.3 Å². The van der Waals surface area contributed by atoms with Crippen molar-refractivity contribution in [3.63, 3.8) is 0 Å². The Bertz CT molecular complexity index is 299. The maximum Gasteiger partial charge on any atom is 0.153 e. The zero-order valence-corrected chi connectivity index (χ0v) is 7.96. The van der Waals surface area contributed by atoms with E-state index in [9.17, 15) is 4.21 Å². The summed E-state index contributed by atoms with van der Waals surface area (Å²) in [5.74, 6) is 0.245. The molecule has 0 bridgehead atoms. The van der Waals surface area contributed by atoms with E-state index in [4.69, 9.17) is 9.66 Å². The topological polar surface area (TPSA) is 57.5 Å². The van der Waals surface area contributed by atoms with E-state index in [0.717, 1.165) is 11.1 Å².